The fourth-order valence-electron chi connectivity index (χ4n) is 4.22. The second kappa shape index (κ2) is 9.90. The Morgan fingerprint density at radius 2 is 1.97 bits per heavy atom. The number of pyridine rings is 2. The van der Waals surface area contributed by atoms with Gasteiger partial charge in [-0.25, -0.2) is 4.98 Å². The molecular weight excluding hydrogens is 456 g/mol. The van der Waals surface area contributed by atoms with Gasteiger partial charge in [0.25, 0.3) is 11.5 Å². The Bertz CT molecular complexity index is 1270. The number of benzene rings is 1. The molecule has 2 atom stereocenters. The van der Waals surface area contributed by atoms with Crippen molar-refractivity contribution in [3.8, 4) is 5.75 Å². The number of carbonyl (C=O) groups is 1. The molecule has 1 aromatic carbocycles. The summed E-state index contributed by atoms with van der Waals surface area (Å²) in [5, 5.41) is 10.7. The number of fused-ring (bicyclic) bond motifs is 1. The van der Waals surface area contributed by atoms with Crippen LogP contribution in [0.3, 0.4) is 0 Å². The highest BCUT2D eigenvalue weighted by atomic mass is 35.5. The van der Waals surface area contributed by atoms with Crippen LogP contribution in [-0.4, -0.2) is 54.3 Å². The van der Waals surface area contributed by atoms with E-state index in [2.05, 4.69) is 39.7 Å². The van der Waals surface area contributed by atoms with E-state index in [1.54, 1.807) is 19.3 Å². The van der Waals surface area contributed by atoms with Gasteiger partial charge in [0.05, 0.1) is 22.4 Å². The van der Waals surface area contributed by atoms with E-state index in [9.17, 15) is 9.59 Å². The van der Waals surface area contributed by atoms with Crippen molar-refractivity contribution in [2.45, 2.75) is 25.9 Å². The number of anilines is 3. The summed E-state index contributed by atoms with van der Waals surface area (Å²) < 4.78 is 6.95. The van der Waals surface area contributed by atoms with Crippen LogP contribution >= 0.6 is 11.6 Å². The van der Waals surface area contributed by atoms with Crippen molar-refractivity contribution in [2.24, 2.45) is 7.05 Å². The highest BCUT2D eigenvalue weighted by Crippen LogP contribution is 2.30. The number of ether oxygens (including phenoxy) is 1. The Hall–Kier alpha value is -3.30. The number of hydrogen-bond acceptors (Lipinski definition) is 7. The van der Waals surface area contributed by atoms with Crippen molar-refractivity contribution in [3.05, 3.63) is 51.9 Å². The van der Waals surface area contributed by atoms with E-state index in [-0.39, 0.29) is 23.8 Å². The summed E-state index contributed by atoms with van der Waals surface area (Å²) in [5.41, 5.74) is 1.97. The number of hydrogen-bond donors (Lipinski definition) is 3. The lowest BCUT2D eigenvalue weighted by molar-refractivity contribution is -0.122. The molecule has 3 aromatic rings. The number of rotatable bonds is 6. The Morgan fingerprint density at radius 1 is 1.24 bits per heavy atom. The summed E-state index contributed by atoms with van der Waals surface area (Å²) in [6, 6.07) is 9.99. The molecule has 0 aliphatic carbocycles. The predicted molar refractivity (Wildman–Crippen MR) is 136 cm³/mol. The lowest BCUT2D eigenvalue weighted by Crippen LogP contribution is -2.54. The lowest BCUT2D eigenvalue weighted by atomic mass is 10.1. The van der Waals surface area contributed by atoms with Gasteiger partial charge in [-0.05, 0) is 38.1 Å². The van der Waals surface area contributed by atoms with Crippen LogP contribution in [0, 0.1) is 0 Å². The third-order valence-electron chi connectivity index (χ3n) is 5.83. The van der Waals surface area contributed by atoms with Crippen LogP contribution in [0.25, 0.3) is 10.9 Å². The molecule has 0 radical (unpaired) electrons. The third-order valence-corrected chi connectivity index (χ3v) is 6.13. The zero-order valence-electron chi connectivity index (χ0n) is 19.7. The number of nitrogens with zero attached hydrogens (tertiary/aromatic N) is 3. The number of likely N-dealkylation sites (N-methyl/N-ethyl adjacent to an activating group) is 1. The van der Waals surface area contributed by atoms with E-state index in [4.69, 9.17) is 16.3 Å². The molecule has 0 spiro atoms. The molecule has 1 aliphatic heterocycles. The molecule has 4 rings (SSSR count). The number of carbonyl (C=O) groups excluding carboxylic acids is 1. The van der Waals surface area contributed by atoms with E-state index >= 15 is 0 Å². The average molecular weight is 485 g/mol. The molecule has 1 fully saturated rings. The fourth-order valence-corrected chi connectivity index (χ4v) is 4.37. The largest absolute Gasteiger partial charge is 0.478 e. The molecule has 0 unspecified atom stereocenters. The van der Waals surface area contributed by atoms with Gasteiger partial charge in [-0.3, -0.25) is 9.59 Å². The first-order chi connectivity index (χ1) is 16.2. The van der Waals surface area contributed by atoms with Crippen molar-refractivity contribution in [2.75, 3.05) is 37.0 Å². The fraction of sp³-hybridized carbons (Fsp3) is 0.375. The quantitative estimate of drug-likeness (QED) is 0.494. The summed E-state index contributed by atoms with van der Waals surface area (Å²) in [6.07, 6.45) is 1.66. The van der Waals surface area contributed by atoms with Gasteiger partial charge in [-0.2, -0.15) is 0 Å². The molecule has 10 heteroatoms. The first-order valence-electron chi connectivity index (χ1n) is 11.2. The maximum atomic E-state index is 12.6. The van der Waals surface area contributed by atoms with E-state index in [1.165, 1.54) is 11.6 Å². The van der Waals surface area contributed by atoms with E-state index in [1.807, 2.05) is 24.3 Å². The van der Waals surface area contributed by atoms with E-state index in [0.717, 1.165) is 41.2 Å². The molecule has 0 saturated carbocycles. The van der Waals surface area contributed by atoms with E-state index < -0.39 is 0 Å². The van der Waals surface area contributed by atoms with Gasteiger partial charge < -0.3 is 30.2 Å². The summed E-state index contributed by atoms with van der Waals surface area (Å²) >= 11 is 6.46. The molecule has 2 aromatic heterocycles. The molecule has 3 heterocycles. The van der Waals surface area contributed by atoms with Crippen molar-refractivity contribution in [3.63, 3.8) is 0 Å². The van der Waals surface area contributed by atoms with Gasteiger partial charge in [0.15, 0.2) is 12.4 Å². The Morgan fingerprint density at radius 3 is 2.68 bits per heavy atom. The summed E-state index contributed by atoms with van der Waals surface area (Å²) in [7, 11) is 3.19. The van der Waals surface area contributed by atoms with Gasteiger partial charge in [-0.15, -0.1) is 0 Å². The zero-order chi connectivity index (χ0) is 24.4. The summed E-state index contributed by atoms with van der Waals surface area (Å²) in [6.45, 7) is 5.82. The van der Waals surface area contributed by atoms with Gasteiger partial charge in [0, 0.05) is 56.4 Å². The van der Waals surface area contributed by atoms with Gasteiger partial charge in [-0.1, -0.05) is 11.6 Å². The minimum atomic E-state index is -0.311. The first-order valence-corrected chi connectivity index (χ1v) is 11.5. The van der Waals surface area contributed by atoms with Crippen LogP contribution in [0.4, 0.5) is 17.2 Å². The Balaban J connectivity index is 1.62. The Kier molecular flexibility index (Phi) is 6.95. The Labute approximate surface area is 203 Å². The zero-order valence-corrected chi connectivity index (χ0v) is 20.4. The van der Waals surface area contributed by atoms with E-state index in [0.29, 0.717) is 17.1 Å². The molecule has 180 valence electrons. The van der Waals surface area contributed by atoms with Gasteiger partial charge in [0.1, 0.15) is 5.82 Å². The third kappa shape index (κ3) is 5.10. The molecule has 1 saturated heterocycles. The predicted octanol–water partition coefficient (Wildman–Crippen LogP) is 2.64. The highest BCUT2D eigenvalue weighted by molar-refractivity contribution is 6.33. The van der Waals surface area contributed by atoms with Crippen molar-refractivity contribution in [1.82, 2.24) is 20.2 Å². The number of nitrogens with one attached hydrogen (secondary N) is 3. The summed E-state index contributed by atoms with van der Waals surface area (Å²) in [5.74, 6) is 0.663. The van der Waals surface area contributed by atoms with Crippen LogP contribution in [0.1, 0.15) is 13.8 Å². The minimum Gasteiger partial charge on any atom is -0.478 e. The highest BCUT2D eigenvalue weighted by Gasteiger charge is 2.22. The van der Waals surface area contributed by atoms with Gasteiger partial charge >= 0.3 is 0 Å². The number of piperazine rings is 1. The molecule has 0 bridgehead atoms. The number of halogens is 1. The van der Waals surface area contributed by atoms with Gasteiger partial charge in [0.2, 0.25) is 0 Å². The standard InChI is InChI=1S/C24H29ClN6O3/c1-14-11-31(12-15(2)28-14)22-9-19(18(25)10-27-22)29-17-5-6-20-16(7-17)8-21(24(33)30(20)4)34-13-23(32)26-3/h5-10,14-15,28H,11-13H2,1-4H3,(H,26,32)(H,27,29)/t14-,15+. The second-order valence-electron chi connectivity index (χ2n) is 8.63. The normalized spacial score (nSPS) is 18.1. The molecule has 1 amide bonds. The van der Waals surface area contributed by atoms with Crippen molar-refractivity contribution >= 4 is 45.6 Å². The topological polar surface area (TPSA) is 101 Å². The maximum absolute atomic E-state index is 12.6. The number of aryl methyl sites for hydroxylation is 1. The van der Waals surface area contributed by atoms with Crippen molar-refractivity contribution in [1.29, 1.82) is 0 Å². The maximum Gasteiger partial charge on any atom is 0.293 e. The number of aromatic nitrogens is 2. The molecule has 3 N–H and O–H groups in total. The second-order valence-corrected chi connectivity index (χ2v) is 9.04. The van der Waals surface area contributed by atoms with Crippen LogP contribution in [0.15, 0.2) is 41.3 Å². The SMILES string of the molecule is CNC(=O)COc1cc2cc(Nc3cc(N4C[C@@H](C)N[C@@H](C)C4)ncc3Cl)ccc2n(C)c1=O. The monoisotopic (exact) mass is 484 g/mol. The lowest BCUT2D eigenvalue weighted by Gasteiger charge is -2.37. The summed E-state index contributed by atoms with van der Waals surface area (Å²) in [4.78, 5) is 30.9. The molecular formula is C24H29ClN6O3. The molecule has 9 nitrogen and oxygen atoms in total. The minimum absolute atomic E-state index is 0.113. The number of amides is 1. The van der Waals surface area contributed by atoms with Crippen LogP contribution in [0.5, 0.6) is 5.75 Å². The van der Waals surface area contributed by atoms with Crippen LogP contribution in [0.2, 0.25) is 5.02 Å². The molecule has 34 heavy (non-hydrogen) atoms. The van der Waals surface area contributed by atoms with Crippen LogP contribution < -0.4 is 31.1 Å². The first kappa shape index (κ1) is 23.8. The van der Waals surface area contributed by atoms with Crippen molar-refractivity contribution < 1.29 is 9.53 Å². The smallest absolute Gasteiger partial charge is 0.293 e. The molecule has 1 aliphatic rings. The van der Waals surface area contributed by atoms with Crippen LogP contribution in [-0.2, 0) is 11.8 Å². The average Bonchev–Trinajstić information content (AvgIpc) is 2.81.